The van der Waals surface area contributed by atoms with Crippen LogP contribution in [0.5, 0.6) is 5.75 Å². The molecular formula is C16H17N5O4. The largest absolute Gasteiger partial charge is 0.497 e. The predicted molar refractivity (Wildman–Crippen MR) is 88.5 cm³/mol. The van der Waals surface area contributed by atoms with Crippen LogP contribution in [-0.4, -0.2) is 32.0 Å². The van der Waals surface area contributed by atoms with Crippen LogP contribution < -0.4 is 4.74 Å². The minimum Gasteiger partial charge on any atom is -0.497 e. The molecule has 9 nitrogen and oxygen atoms in total. The number of ether oxygens (including phenoxy) is 1. The summed E-state index contributed by atoms with van der Waals surface area (Å²) in [6.07, 6.45) is 0. The Morgan fingerprint density at radius 2 is 1.96 bits per heavy atom. The molecule has 0 bridgehead atoms. The minimum atomic E-state index is -0.433. The van der Waals surface area contributed by atoms with Gasteiger partial charge in [0.15, 0.2) is 0 Å². The molecule has 1 unspecified atom stereocenters. The number of benzene rings is 1. The molecular weight excluding hydrogens is 326 g/mol. The third kappa shape index (κ3) is 2.95. The number of rotatable bonds is 5. The van der Waals surface area contributed by atoms with Gasteiger partial charge >= 0.3 is 5.69 Å². The molecule has 3 rings (SSSR count). The van der Waals surface area contributed by atoms with Gasteiger partial charge in [-0.25, -0.2) is 0 Å². The summed E-state index contributed by atoms with van der Waals surface area (Å²) in [6, 6.07) is 6.84. The molecule has 0 aliphatic carbocycles. The Labute approximate surface area is 143 Å². The molecule has 25 heavy (non-hydrogen) atoms. The average molecular weight is 343 g/mol. The number of aromatic nitrogens is 4. The van der Waals surface area contributed by atoms with Crippen molar-refractivity contribution in [2.45, 2.75) is 26.8 Å². The fourth-order valence-electron chi connectivity index (χ4n) is 2.66. The zero-order valence-corrected chi connectivity index (χ0v) is 14.3. The molecule has 0 saturated carbocycles. The number of methoxy groups -OCH3 is 1. The highest BCUT2D eigenvalue weighted by molar-refractivity contribution is 5.55. The minimum absolute atomic E-state index is 0.00161. The zero-order valence-electron chi connectivity index (χ0n) is 14.3. The normalized spacial score (nSPS) is 12.2. The van der Waals surface area contributed by atoms with Crippen molar-refractivity contribution >= 4 is 5.69 Å². The SMILES string of the molecule is COc1ccc(-c2noc(C(C)n3nc(C)c([N+](=O)[O-])c3C)n2)cc1. The molecule has 1 atom stereocenters. The molecule has 3 aromatic rings. The first-order chi connectivity index (χ1) is 11.9. The first-order valence-electron chi connectivity index (χ1n) is 7.60. The maximum absolute atomic E-state index is 11.1. The summed E-state index contributed by atoms with van der Waals surface area (Å²) in [4.78, 5) is 15.1. The van der Waals surface area contributed by atoms with E-state index in [0.29, 0.717) is 23.1 Å². The number of aryl methyl sites for hydroxylation is 1. The van der Waals surface area contributed by atoms with E-state index >= 15 is 0 Å². The number of nitrogens with zero attached hydrogens (tertiary/aromatic N) is 5. The van der Waals surface area contributed by atoms with E-state index in [1.807, 2.05) is 12.1 Å². The fraction of sp³-hybridized carbons (Fsp3) is 0.312. The molecule has 0 amide bonds. The quantitative estimate of drug-likeness (QED) is 0.517. The molecule has 0 radical (unpaired) electrons. The van der Waals surface area contributed by atoms with E-state index in [1.54, 1.807) is 40.0 Å². The number of hydrogen-bond acceptors (Lipinski definition) is 7. The lowest BCUT2D eigenvalue weighted by Gasteiger charge is -2.08. The topological polar surface area (TPSA) is 109 Å². The summed E-state index contributed by atoms with van der Waals surface area (Å²) in [6.45, 7) is 5.05. The van der Waals surface area contributed by atoms with Gasteiger partial charge in [0.2, 0.25) is 5.82 Å². The molecule has 0 fully saturated rings. The van der Waals surface area contributed by atoms with E-state index in [0.717, 1.165) is 11.3 Å². The summed E-state index contributed by atoms with van der Waals surface area (Å²) in [5, 5.41) is 19.4. The maximum atomic E-state index is 11.1. The molecule has 9 heteroatoms. The third-order valence-corrected chi connectivity index (χ3v) is 3.98. The van der Waals surface area contributed by atoms with Gasteiger partial charge in [-0.1, -0.05) is 5.16 Å². The Bertz CT molecular complexity index is 913. The van der Waals surface area contributed by atoms with Crippen LogP contribution in [0.25, 0.3) is 11.4 Å². The van der Waals surface area contributed by atoms with Crippen LogP contribution in [0.2, 0.25) is 0 Å². The molecule has 1 aromatic carbocycles. The van der Waals surface area contributed by atoms with Gasteiger partial charge in [0.25, 0.3) is 5.89 Å². The van der Waals surface area contributed by atoms with Crippen molar-refractivity contribution in [2.24, 2.45) is 0 Å². The Morgan fingerprint density at radius 1 is 1.28 bits per heavy atom. The van der Waals surface area contributed by atoms with Crippen molar-refractivity contribution in [1.29, 1.82) is 0 Å². The molecule has 2 aromatic heterocycles. The lowest BCUT2D eigenvalue weighted by Crippen LogP contribution is -2.11. The second kappa shape index (κ2) is 6.34. The lowest BCUT2D eigenvalue weighted by atomic mass is 10.2. The smallest absolute Gasteiger partial charge is 0.312 e. The summed E-state index contributed by atoms with van der Waals surface area (Å²) in [7, 11) is 1.59. The zero-order chi connectivity index (χ0) is 18.1. The van der Waals surface area contributed by atoms with Crippen LogP contribution in [0, 0.1) is 24.0 Å². The van der Waals surface area contributed by atoms with Gasteiger partial charge in [-0.15, -0.1) is 0 Å². The standard InChI is InChI=1S/C16H17N5O4/c1-9-14(21(22)23)10(2)20(18-9)11(3)16-17-15(19-25-16)12-5-7-13(24-4)8-6-12/h5-8,11H,1-4H3. The average Bonchev–Trinajstić information content (AvgIpc) is 3.19. The Hall–Kier alpha value is -3.23. The van der Waals surface area contributed by atoms with Gasteiger partial charge in [0, 0.05) is 5.56 Å². The molecule has 0 aliphatic heterocycles. The van der Waals surface area contributed by atoms with Crippen LogP contribution in [0.1, 0.15) is 30.2 Å². The van der Waals surface area contributed by atoms with Crippen molar-refractivity contribution < 1.29 is 14.2 Å². The summed E-state index contributed by atoms with van der Waals surface area (Å²) in [5.41, 5.74) is 1.58. The van der Waals surface area contributed by atoms with Gasteiger partial charge in [-0.2, -0.15) is 10.1 Å². The summed E-state index contributed by atoms with van der Waals surface area (Å²) < 4.78 is 12.0. The Morgan fingerprint density at radius 3 is 2.52 bits per heavy atom. The molecule has 0 aliphatic rings. The van der Waals surface area contributed by atoms with Gasteiger partial charge in [0.05, 0.1) is 12.0 Å². The highest BCUT2D eigenvalue weighted by atomic mass is 16.6. The van der Waals surface area contributed by atoms with Crippen LogP contribution in [-0.2, 0) is 0 Å². The molecule has 2 heterocycles. The van der Waals surface area contributed by atoms with Crippen molar-refractivity contribution in [3.05, 3.63) is 51.7 Å². The maximum Gasteiger partial charge on any atom is 0.312 e. The number of hydrogen-bond donors (Lipinski definition) is 0. The highest BCUT2D eigenvalue weighted by Crippen LogP contribution is 2.28. The summed E-state index contributed by atoms with van der Waals surface area (Å²) >= 11 is 0. The third-order valence-electron chi connectivity index (χ3n) is 3.98. The van der Waals surface area contributed by atoms with E-state index in [4.69, 9.17) is 9.26 Å². The summed E-state index contributed by atoms with van der Waals surface area (Å²) in [5.74, 6) is 1.49. The van der Waals surface area contributed by atoms with Crippen molar-refractivity contribution in [1.82, 2.24) is 19.9 Å². The van der Waals surface area contributed by atoms with Gasteiger partial charge < -0.3 is 9.26 Å². The molecule has 0 N–H and O–H groups in total. The van der Waals surface area contributed by atoms with Crippen molar-refractivity contribution in [2.75, 3.05) is 7.11 Å². The Kier molecular flexibility index (Phi) is 4.22. The monoisotopic (exact) mass is 343 g/mol. The molecule has 0 saturated heterocycles. The van der Waals surface area contributed by atoms with Gasteiger partial charge in [0.1, 0.15) is 23.2 Å². The first kappa shape index (κ1) is 16.6. The van der Waals surface area contributed by atoms with Crippen LogP contribution in [0.3, 0.4) is 0 Å². The van der Waals surface area contributed by atoms with E-state index in [-0.39, 0.29) is 5.69 Å². The second-order valence-corrected chi connectivity index (χ2v) is 5.58. The molecule has 130 valence electrons. The van der Waals surface area contributed by atoms with Gasteiger partial charge in [-0.3, -0.25) is 14.8 Å². The highest BCUT2D eigenvalue weighted by Gasteiger charge is 2.27. The fourth-order valence-corrected chi connectivity index (χ4v) is 2.66. The van der Waals surface area contributed by atoms with Gasteiger partial charge in [-0.05, 0) is 45.0 Å². The first-order valence-corrected chi connectivity index (χ1v) is 7.60. The van der Waals surface area contributed by atoms with E-state index in [1.165, 1.54) is 4.68 Å². The Balaban J connectivity index is 1.91. The van der Waals surface area contributed by atoms with E-state index < -0.39 is 11.0 Å². The van der Waals surface area contributed by atoms with Crippen LogP contribution in [0.15, 0.2) is 28.8 Å². The second-order valence-electron chi connectivity index (χ2n) is 5.58. The van der Waals surface area contributed by atoms with Crippen molar-refractivity contribution in [3.8, 4) is 17.1 Å². The van der Waals surface area contributed by atoms with Crippen LogP contribution >= 0.6 is 0 Å². The van der Waals surface area contributed by atoms with E-state index in [9.17, 15) is 10.1 Å². The lowest BCUT2D eigenvalue weighted by molar-refractivity contribution is -0.386. The van der Waals surface area contributed by atoms with E-state index in [2.05, 4.69) is 15.2 Å². The van der Waals surface area contributed by atoms with Crippen LogP contribution in [0.4, 0.5) is 5.69 Å². The number of nitro groups is 1. The predicted octanol–water partition coefficient (Wildman–Crippen LogP) is 3.08. The van der Waals surface area contributed by atoms with Crippen molar-refractivity contribution in [3.63, 3.8) is 0 Å². The molecule has 0 spiro atoms.